The first-order valence-electron chi connectivity index (χ1n) is 6.45. The third kappa shape index (κ3) is 3.91. The molecule has 1 aromatic carbocycles. The van der Waals surface area contributed by atoms with E-state index in [2.05, 4.69) is 10.1 Å². The van der Waals surface area contributed by atoms with Gasteiger partial charge in [0.05, 0.1) is 0 Å². The zero-order valence-corrected chi connectivity index (χ0v) is 11.8. The van der Waals surface area contributed by atoms with Gasteiger partial charge in [0.1, 0.15) is 5.75 Å². The highest BCUT2D eigenvalue weighted by atomic mass is 19.3. The van der Waals surface area contributed by atoms with Gasteiger partial charge in [-0.05, 0) is 12.1 Å². The molecule has 0 spiro atoms. The second-order valence-electron chi connectivity index (χ2n) is 4.53. The fourth-order valence-electron chi connectivity index (χ4n) is 1.83. The lowest BCUT2D eigenvalue weighted by atomic mass is 10.2. The summed E-state index contributed by atoms with van der Waals surface area (Å²) in [6.07, 6.45) is 1.48. The fraction of sp³-hybridized carbons (Fsp3) is 0.200. The quantitative estimate of drug-likeness (QED) is 0.918. The minimum atomic E-state index is -2.94. The summed E-state index contributed by atoms with van der Waals surface area (Å²) in [6, 6.07) is 8.88. The van der Waals surface area contributed by atoms with Crippen LogP contribution in [0, 0.1) is 0 Å². The number of hydrogen-bond donors (Lipinski definition) is 1. The Labute approximate surface area is 125 Å². The lowest BCUT2D eigenvalue weighted by Crippen LogP contribution is -2.26. The molecule has 22 heavy (non-hydrogen) atoms. The van der Waals surface area contributed by atoms with E-state index in [4.69, 9.17) is 0 Å². The van der Waals surface area contributed by atoms with Gasteiger partial charge in [0.15, 0.2) is 0 Å². The van der Waals surface area contributed by atoms with Crippen LogP contribution in [0.5, 0.6) is 5.75 Å². The minimum absolute atomic E-state index is 0.00164. The van der Waals surface area contributed by atoms with Crippen LogP contribution in [0.3, 0.4) is 0 Å². The van der Waals surface area contributed by atoms with Crippen LogP contribution in [0.2, 0.25) is 0 Å². The fourth-order valence-corrected chi connectivity index (χ4v) is 1.83. The molecule has 0 radical (unpaired) electrons. The van der Waals surface area contributed by atoms with Crippen molar-refractivity contribution in [2.24, 2.45) is 7.05 Å². The summed E-state index contributed by atoms with van der Waals surface area (Å²) < 4.78 is 30.3. The summed E-state index contributed by atoms with van der Waals surface area (Å²) in [5.74, 6) is -0.466. The van der Waals surface area contributed by atoms with Crippen molar-refractivity contribution in [3.63, 3.8) is 0 Å². The zero-order chi connectivity index (χ0) is 16.1. The van der Waals surface area contributed by atoms with Crippen LogP contribution in [0.4, 0.5) is 8.78 Å². The number of alkyl halides is 2. The maximum Gasteiger partial charge on any atom is 0.387 e. The van der Waals surface area contributed by atoms with Gasteiger partial charge in [-0.3, -0.25) is 9.59 Å². The van der Waals surface area contributed by atoms with Crippen molar-refractivity contribution in [2.45, 2.75) is 13.2 Å². The first-order chi connectivity index (χ1) is 10.5. The van der Waals surface area contributed by atoms with Crippen LogP contribution in [-0.2, 0) is 13.6 Å². The molecule has 1 N–H and O–H groups in total. The Morgan fingerprint density at radius 3 is 2.73 bits per heavy atom. The largest absolute Gasteiger partial charge is 0.434 e. The Balaban J connectivity index is 2.08. The lowest BCUT2D eigenvalue weighted by molar-refractivity contribution is -0.0504. The molecule has 0 aliphatic rings. The zero-order valence-electron chi connectivity index (χ0n) is 11.8. The molecular formula is C15H14F2N2O3. The Morgan fingerprint density at radius 1 is 1.32 bits per heavy atom. The van der Waals surface area contributed by atoms with E-state index in [0.29, 0.717) is 5.56 Å². The maximum atomic E-state index is 12.3. The Morgan fingerprint density at radius 2 is 2.05 bits per heavy atom. The monoisotopic (exact) mass is 308 g/mol. The van der Waals surface area contributed by atoms with Gasteiger partial charge in [-0.1, -0.05) is 18.2 Å². The van der Waals surface area contributed by atoms with Crippen molar-refractivity contribution in [3.05, 3.63) is 64.1 Å². The molecular weight excluding hydrogens is 294 g/mol. The molecule has 1 heterocycles. The summed E-state index contributed by atoms with van der Waals surface area (Å²) >= 11 is 0. The summed E-state index contributed by atoms with van der Waals surface area (Å²) in [5, 5.41) is 2.56. The molecule has 0 aliphatic carbocycles. The molecule has 1 aromatic heterocycles. The third-order valence-electron chi connectivity index (χ3n) is 2.99. The van der Waals surface area contributed by atoms with Crippen LogP contribution in [-0.4, -0.2) is 17.1 Å². The van der Waals surface area contributed by atoms with Crippen molar-refractivity contribution in [2.75, 3.05) is 0 Å². The van der Waals surface area contributed by atoms with E-state index >= 15 is 0 Å². The van der Waals surface area contributed by atoms with Crippen molar-refractivity contribution in [3.8, 4) is 5.75 Å². The SMILES string of the molecule is Cn1ccc(C(=O)NCc2ccccc2OC(F)F)cc1=O. The van der Waals surface area contributed by atoms with E-state index in [1.165, 1.54) is 29.0 Å². The number of pyridine rings is 1. The van der Waals surface area contributed by atoms with Crippen LogP contribution in [0.1, 0.15) is 15.9 Å². The second kappa shape index (κ2) is 6.84. The van der Waals surface area contributed by atoms with Crippen LogP contribution >= 0.6 is 0 Å². The van der Waals surface area contributed by atoms with Crippen LogP contribution in [0.25, 0.3) is 0 Å². The molecule has 116 valence electrons. The Kier molecular flexibility index (Phi) is 4.88. The maximum absolute atomic E-state index is 12.3. The van der Waals surface area contributed by atoms with Crippen LogP contribution in [0.15, 0.2) is 47.4 Å². The number of hydrogen-bond acceptors (Lipinski definition) is 3. The van der Waals surface area contributed by atoms with Crippen molar-refractivity contribution < 1.29 is 18.3 Å². The number of amides is 1. The number of aryl methyl sites for hydroxylation is 1. The van der Waals surface area contributed by atoms with E-state index in [1.54, 1.807) is 25.2 Å². The normalized spacial score (nSPS) is 10.5. The second-order valence-corrected chi connectivity index (χ2v) is 4.53. The van der Waals surface area contributed by atoms with Gasteiger partial charge >= 0.3 is 6.61 Å². The number of carbonyl (C=O) groups excluding carboxylic acids is 1. The van der Waals surface area contributed by atoms with Gasteiger partial charge in [0.25, 0.3) is 11.5 Å². The molecule has 0 aliphatic heterocycles. The number of halogens is 2. The number of benzene rings is 1. The molecule has 0 saturated heterocycles. The van der Waals surface area contributed by atoms with E-state index in [0.717, 1.165) is 0 Å². The highest BCUT2D eigenvalue weighted by Crippen LogP contribution is 2.20. The summed E-state index contributed by atoms with van der Waals surface area (Å²) in [5.41, 5.74) is 0.310. The highest BCUT2D eigenvalue weighted by molar-refractivity contribution is 5.93. The molecule has 0 fully saturated rings. The van der Waals surface area contributed by atoms with Crippen molar-refractivity contribution >= 4 is 5.91 Å². The van der Waals surface area contributed by atoms with E-state index in [-0.39, 0.29) is 23.4 Å². The number of para-hydroxylation sites is 1. The molecule has 2 rings (SSSR count). The van der Waals surface area contributed by atoms with Gasteiger partial charge in [0.2, 0.25) is 0 Å². The number of aromatic nitrogens is 1. The molecule has 0 atom stereocenters. The molecule has 2 aromatic rings. The molecule has 1 amide bonds. The van der Waals surface area contributed by atoms with E-state index < -0.39 is 12.5 Å². The predicted octanol–water partition coefficient (Wildman–Crippen LogP) is 1.92. The summed E-state index contributed by atoms with van der Waals surface area (Å²) in [7, 11) is 1.57. The van der Waals surface area contributed by atoms with Gasteiger partial charge in [-0.2, -0.15) is 8.78 Å². The Hall–Kier alpha value is -2.70. The van der Waals surface area contributed by atoms with E-state index in [1.807, 2.05) is 0 Å². The van der Waals surface area contributed by atoms with Crippen LogP contribution < -0.4 is 15.6 Å². The average Bonchev–Trinajstić information content (AvgIpc) is 2.48. The van der Waals surface area contributed by atoms with Crippen molar-refractivity contribution in [1.29, 1.82) is 0 Å². The topological polar surface area (TPSA) is 60.3 Å². The molecule has 5 nitrogen and oxygen atoms in total. The van der Waals surface area contributed by atoms with Crippen molar-refractivity contribution in [1.82, 2.24) is 9.88 Å². The molecule has 0 bridgehead atoms. The van der Waals surface area contributed by atoms with Gasteiger partial charge in [-0.15, -0.1) is 0 Å². The Bertz CT molecular complexity index is 729. The molecule has 0 saturated carbocycles. The number of carbonyl (C=O) groups is 1. The lowest BCUT2D eigenvalue weighted by Gasteiger charge is -2.11. The van der Waals surface area contributed by atoms with Gasteiger partial charge in [0, 0.05) is 37.0 Å². The standard InChI is InChI=1S/C15H14F2N2O3/c1-19-7-6-10(8-13(19)20)14(21)18-9-11-4-2-3-5-12(11)22-15(16)17/h2-8,15H,9H2,1H3,(H,18,21). The third-order valence-corrected chi connectivity index (χ3v) is 2.99. The highest BCUT2D eigenvalue weighted by Gasteiger charge is 2.11. The van der Waals surface area contributed by atoms with Gasteiger partial charge in [-0.25, -0.2) is 0 Å². The van der Waals surface area contributed by atoms with Gasteiger partial charge < -0.3 is 14.6 Å². The first-order valence-corrected chi connectivity index (χ1v) is 6.45. The van der Waals surface area contributed by atoms with E-state index in [9.17, 15) is 18.4 Å². The smallest absolute Gasteiger partial charge is 0.387 e. The number of ether oxygens (including phenoxy) is 1. The summed E-state index contributed by atoms with van der Waals surface area (Å²) in [6.45, 7) is -2.93. The summed E-state index contributed by atoms with van der Waals surface area (Å²) in [4.78, 5) is 23.4. The number of nitrogens with zero attached hydrogens (tertiary/aromatic N) is 1. The minimum Gasteiger partial charge on any atom is -0.434 e. The molecule has 0 unspecified atom stereocenters. The average molecular weight is 308 g/mol. The predicted molar refractivity (Wildman–Crippen MR) is 75.9 cm³/mol. The molecule has 7 heteroatoms. The number of nitrogens with one attached hydrogen (secondary N) is 1. The first kappa shape index (κ1) is 15.7. The number of rotatable bonds is 5.